The molecule has 1 atom stereocenters. The number of amides is 2. The van der Waals surface area contributed by atoms with Crippen molar-refractivity contribution in [2.24, 2.45) is 4.99 Å². The van der Waals surface area contributed by atoms with Gasteiger partial charge in [0.05, 0.1) is 11.6 Å². The van der Waals surface area contributed by atoms with Crippen molar-refractivity contribution in [2.45, 2.75) is 12.5 Å². The molecule has 2 heterocycles. The van der Waals surface area contributed by atoms with E-state index in [9.17, 15) is 14.0 Å². The Labute approximate surface area is 140 Å². The average Bonchev–Trinajstić information content (AvgIpc) is 3.04. The topological polar surface area (TPSA) is 97.5 Å². The summed E-state index contributed by atoms with van der Waals surface area (Å²) in [6.07, 6.45) is 4.60. The number of allylic oxidation sites excluding steroid dienone is 1. The molecule has 1 unspecified atom stereocenters. The van der Waals surface area contributed by atoms with E-state index in [1.54, 1.807) is 12.2 Å². The van der Waals surface area contributed by atoms with Crippen LogP contribution < -0.4 is 5.32 Å². The van der Waals surface area contributed by atoms with Gasteiger partial charge in [-0.15, -0.1) is 0 Å². The maximum atomic E-state index is 13.1. The number of rotatable bonds is 4. The zero-order valence-electron chi connectivity index (χ0n) is 12.1. The summed E-state index contributed by atoms with van der Waals surface area (Å²) in [6.45, 7) is -0.0469. The molecule has 0 aliphatic carbocycles. The minimum atomic E-state index is -0.695. The van der Waals surface area contributed by atoms with E-state index in [1.807, 2.05) is 0 Å². The van der Waals surface area contributed by atoms with E-state index >= 15 is 0 Å². The highest BCUT2D eigenvalue weighted by molar-refractivity contribution is 6.31. The number of aliphatic imine (C=N–C) groups is 1. The summed E-state index contributed by atoms with van der Waals surface area (Å²) in [7, 11) is 0. The fraction of sp³-hybridized carbons (Fsp3) is 0.133. The van der Waals surface area contributed by atoms with Crippen molar-refractivity contribution < 1.29 is 18.5 Å². The van der Waals surface area contributed by atoms with Gasteiger partial charge in [-0.25, -0.2) is 9.38 Å². The van der Waals surface area contributed by atoms with Gasteiger partial charge in [0.15, 0.2) is 5.82 Å². The molecule has 1 N–H and O–H groups in total. The molecule has 0 saturated carbocycles. The smallest absolute Gasteiger partial charge is 0.260 e. The van der Waals surface area contributed by atoms with Crippen LogP contribution in [0.4, 0.5) is 4.39 Å². The van der Waals surface area contributed by atoms with Crippen LogP contribution in [0.2, 0.25) is 5.02 Å². The van der Waals surface area contributed by atoms with Gasteiger partial charge in [-0.05, 0) is 24.3 Å². The minimum absolute atomic E-state index is 0.0469. The number of hydrogen-bond donors (Lipinski definition) is 1. The first-order chi connectivity index (χ1) is 11.5. The third kappa shape index (κ3) is 3.38. The van der Waals surface area contributed by atoms with Crippen molar-refractivity contribution in [3.63, 3.8) is 0 Å². The molecule has 1 aliphatic rings. The predicted octanol–water partition coefficient (Wildman–Crippen LogP) is 2.04. The lowest BCUT2D eigenvalue weighted by atomic mass is 10.1. The summed E-state index contributed by atoms with van der Waals surface area (Å²) < 4.78 is 18.1. The van der Waals surface area contributed by atoms with Crippen LogP contribution >= 0.6 is 11.6 Å². The maximum absolute atomic E-state index is 13.1. The molecule has 3 rings (SSSR count). The highest BCUT2D eigenvalue weighted by atomic mass is 35.5. The molecular weight excluding hydrogens is 339 g/mol. The van der Waals surface area contributed by atoms with Gasteiger partial charge in [-0.3, -0.25) is 9.59 Å². The van der Waals surface area contributed by atoms with Gasteiger partial charge in [-0.2, -0.15) is 4.98 Å². The number of dihydropyridines is 1. The standard InChI is InChI=1S/C15H10ClFN4O3/c16-10-6-8(3-4-11(10)17)14(22)19-7-12-20-13(21-24-12)9-2-1-5-18-15(9)23/h1-6,9H,7H2,(H,19,22). The largest absolute Gasteiger partial charge is 0.343 e. The zero-order chi connectivity index (χ0) is 17.1. The fourth-order valence-electron chi connectivity index (χ4n) is 2.00. The Balaban J connectivity index is 1.64. The normalized spacial score (nSPS) is 16.4. The van der Waals surface area contributed by atoms with E-state index in [1.165, 1.54) is 18.3 Å². The van der Waals surface area contributed by atoms with Crippen molar-refractivity contribution in [2.75, 3.05) is 0 Å². The van der Waals surface area contributed by atoms with Gasteiger partial charge in [0, 0.05) is 11.8 Å². The molecule has 0 bridgehead atoms. The molecule has 9 heteroatoms. The second kappa shape index (κ2) is 6.71. The summed E-state index contributed by atoms with van der Waals surface area (Å²) in [5, 5.41) is 6.11. The zero-order valence-corrected chi connectivity index (χ0v) is 12.8. The summed E-state index contributed by atoms with van der Waals surface area (Å²) in [4.78, 5) is 31.3. The number of aromatic nitrogens is 2. The third-order valence-electron chi connectivity index (χ3n) is 3.20. The monoisotopic (exact) mass is 348 g/mol. The molecule has 1 aliphatic heterocycles. The van der Waals surface area contributed by atoms with Gasteiger partial charge in [0.25, 0.3) is 11.8 Å². The first-order valence-corrected chi connectivity index (χ1v) is 7.23. The summed E-state index contributed by atoms with van der Waals surface area (Å²) in [6, 6.07) is 3.62. The number of benzene rings is 1. The van der Waals surface area contributed by atoms with Crippen LogP contribution in [0.1, 0.15) is 28.0 Å². The molecule has 2 amide bonds. The maximum Gasteiger partial charge on any atom is 0.260 e. The van der Waals surface area contributed by atoms with Crippen molar-refractivity contribution in [3.8, 4) is 0 Å². The first-order valence-electron chi connectivity index (χ1n) is 6.85. The fourth-order valence-corrected chi connectivity index (χ4v) is 2.18. The van der Waals surface area contributed by atoms with Crippen LogP contribution in [0.15, 0.2) is 39.9 Å². The average molecular weight is 349 g/mol. The van der Waals surface area contributed by atoms with E-state index in [0.29, 0.717) is 0 Å². The number of nitrogens with one attached hydrogen (secondary N) is 1. The lowest BCUT2D eigenvalue weighted by molar-refractivity contribution is -0.118. The third-order valence-corrected chi connectivity index (χ3v) is 3.49. The van der Waals surface area contributed by atoms with Crippen molar-refractivity contribution in [1.29, 1.82) is 0 Å². The summed E-state index contributed by atoms with van der Waals surface area (Å²) in [5.74, 6) is -1.88. The molecule has 0 radical (unpaired) electrons. The molecule has 1 aromatic heterocycles. The summed E-state index contributed by atoms with van der Waals surface area (Å²) >= 11 is 5.63. The Morgan fingerprint density at radius 1 is 1.42 bits per heavy atom. The van der Waals surface area contributed by atoms with Crippen LogP contribution in [0.25, 0.3) is 0 Å². The predicted molar refractivity (Wildman–Crippen MR) is 82.3 cm³/mol. The van der Waals surface area contributed by atoms with Crippen LogP contribution in [0.5, 0.6) is 0 Å². The molecule has 122 valence electrons. The van der Waals surface area contributed by atoms with Gasteiger partial charge < -0.3 is 9.84 Å². The van der Waals surface area contributed by atoms with E-state index < -0.39 is 23.5 Å². The molecule has 0 saturated heterocycles. The molecular formula is C15H10ClFN4O3. The van der Waals surface area contributed by atoms with Gasteiger partial charge in [-0.1, -0.05) is 22.8 Å². The SMILES string of the molecule is O=C(NCc1nc(C2C=CC=NC2=O)no1)c1ccc(F)c(Cl)c1. The molecule has 2 aromatic rings. The van der Waals surface area contributed by atoms with E-state index in [4.69, 9.17) is 16.1 Å². The first kappa shape index (κ1) is 16.0. The highest BCUT2D eigenvalue weighted by Gasteiger charge is 2.24. The number of hydrogen-bond acceptors (Lipinski definition) is 5. The number of carbonyl (C=O) groups is 2. The molecule has 1 aromatic carbocycles. The van der Waals surface area contributed by atoms with Crippen LogP contribution in [0, 0.1) is 5.82 Å². The van der Waals surface area contributed by atoms with Crippen molar-refractivity contribution in [3.05, 3.63) is 58.5 Å². The Hall–Kier alpha value is -2.87. The molecule has 0 spiro atoms. The molecule has 7 nitrogen and oxygen atoms in total. The number of nitrogens with zero attached hydrogens (tertiary/aromatic N) is 3. The second-order valence-corrected chi connectivity index (χ2v) is 5.24. The van der Waals surface area contributed by atoms with E-state index in [2.05, 4.69) is 20.4 Å². The van der Waals surface area contributed by atoms with Gasteiger partial charge in [0.1, 0.15) is 11.7 Å². The Kier molecular flexibility index (Phi) is 4.48. The minimum Gasteiger partial charge on any atom is -0.343 e. The van der Waals surface area contributed by atoms with E-state index in [0.717, 1.165) is 6.07 Å². The van der Waals surface area contributed by atoms with Crippen LogP contribution in [0.3, 0.4) is 0 Å². The van der Waals surface area contributed by atoms with Crippen LogP contribution in [-0.4, -0.2) is 28.2 Å². The molecule has 0 fully saturated rings. The quantitative estimate of drug-likeness (QED) is 0.911. The lowest BCUT2D eigenvalue weighted by Gasteiger charge is -2.05. The Morgan fingerprint density at radius 2 is 2.25 bits per heavy atom. The lowest BCUT2D eigenvalue weighted by Crippen LogP contribution is -2.23. The number of carbonyl (C=O) groups excluding carboxylic acids is 2. The van der Waals surface area contributed by atoms with Gasteiger partial charge in [0.2, 0.25) is 5.89 Å². The van der Waals surface area contributed by atoms with Crippen molar-refractivity contribution >= 4 is 29.6 Å². The Bertz CT molecular complexity index is 862. The molecule has 24 heavy (non-hydrogen) atoms. The van der Waals surface area contributed by atoms with E-state index in [-0.39, 0.29) is 28.8 Å². The highest BCUT2D eigenvalue weighted by Crippen LogP contribution is 2.18. The number of halogens is 2. The van der Waals surface area contributed by atoms with Gasteiger partial charge >= 0.3 is 0 Å². The second-order valence-electron chi connectivity index (χ2n) is 4.84. The summed E-state index contributed by atoms with van der Waals surface area (Å²) in [5.41, 5.74) is 0.195. The van der Waals surface area contributed by atoms with Crippen molar-refractivity contribution in [1.82, 2.24) is 15.5 Å². The Morgan fingerprint density at radius 3 is 3.00 bits per heavy atom. The van der Waals surface area contributed by atoms with Crippen LogP contribution in [-0.2, 0) is 11.3 Å².